The van der Waals surface area contributed by atoms with Crippen LogP contribution in [0.2, 0.25) is 0 Å². The number of ether oxygens (including phenoxy) is 1. The minimum atomic E-state index is -0.117. The maximum atomic E-state index is 11.2. The Labute approximate surface area is 131 Å². The Morgan fingerprint density at radius 2 is 1.95 bits per heavy atom. The molecule has 0 N–H and O–H groups in total. The third kappa shape index (κ3) is 3.32. The van der Waals surface area contributed by atoms with Crippen molar-refractivity contribution >= 4 is 17.5 Å². The quantitative estimate of drug-likeness (QED) is 0.768. The van der Waals surface area contributed by atoms with Crippen LogP contribution in [0.3, 0.4) is 0 Å². The van der Waals surface area contributed by atoms with E-state index in [0.717, 1.165) is 50.8 Å². The predicted octanol–water partition coefficient (Wildman–Crippen LogP) is 0.833. The summed E-state index contributed by atoms with van der Waals surface area (Å²) in [4.78, 5) is 22.8. The highest BCUT2D eigenvalue weighted by Crippen LogP contribution is 2.27. The molecule has 6 nitrogen and oxygen atoms in total. The number of carbonyl (C=O) groups is 1. The van der Waals surface area contributed by atoms with Crippen LogP contribution in [0.25, 0.3) is 0 Å². The third-order valence-electron chi connectivity index (χ3n) is 4.56. The van der Waals surface area contributed by atoms with E-state index in [0.29, 0.717) is 12.3 Å². The lowest BCUT2D eigenvalue weighted by Gasteiger charge is -2.40. The van der Waals surface area contributed by atoms with E-state index in [1.165, 1.54) is 7.11 Å². The van der Waals surface area contributed by atoms with Gasteiger partial charge in [-0.15, -0.1) is 0 Å². The number of pyridine rings is 1. The van der Waals surface area contributed by atoms with Crippen LogP contribution >= 0.6 is 0 Å². The summed E-state index contributed by atoms with van der Waals surface area (Å²) in [7, 11) is 3.60. The minimum absolute atomic E-state index is 0.117. The lowest BCUT2D eigenvalue weighted by molar-refractivity contribution is -0.141. The number of likely N-dealkylation sites (N-methyl/N-ethyl adjacent to an activating group) is 1. The van der Waals surface area contributed by atoms with Crippen LogP contribution in [0.4, 0.5) is 11.5 Å². The van der Waals surface area contributed by atoms with Gasteiger partial charge in [-0.25, -0.2) is 4.98 Å². The molecule has 22 heavy (non-hydrogen) atoms. The van der Waals surface area contributed by atoms with Gasteiger partial charge in [0.25, 0.3) is 0 Å². The molecule has 0 amide bonds. The number of esters is 1. The molecule has 2 fully saturated rings. The first-order chi connectivity index (χ1) is 10.7. The van der Waals surface area contributed by atoms with Gasteiger partial charge in [-0.05, 0) is 19.2 Å². The maximum Gasteiger partial charge on any atom is 0.305 e. The van der Waals surface area contributed by atoms with Crippen molar-refractivity contribution in [2.45, 2.75) is 6.42 Å². The monoisotopic (exact) mass is 304 g/mol. The van der Waals surface area contributed by atoms with Crippen molar-refractivity contribution < 1.29 is 9.53 Å². The van der Waals surface area contributed by atoms with Gasteiger partial charge in [-0.3, -0.25) is 4.79 Å². The van der Waals surface area contributed by atoms with Gasteiger partial charge in [0.05, 0.1) is 25.4 Å². The normalized spacial score (nSPS) is 19.9. The number of piperazine rings is 1. The molecule has 2 saturated heterocycles. The molecule has 2 aliphatic heterocycles. The zero-order chi connectivity index (χ0) is 15.5. The second kappa shape index (κ2) is 6.52. The number of anilines is 2. The van der Waals surface area contributed by atoms with Crippen molar-refractivity contribution in [2.24, 2.45) is 5.92 Å². The average molecular weight is 304 g/mol. The lowest BCUT2D eigenvalue weighted by Crippen LogP contribution is -2.47. The summed E-state index contributed by atoms with van der Waals surface area (Å²) in [6.45, 7) is 6.06. The Hall–Kier alpha value is -1.82. The number of hydrogen-bond acceptors (Lipinski definition) is 6. The van der Waals surface area contributed by atoms with Crippen molar-refractivity contribution in [2.75, 3.05) is 63.2 Å². The molecule has 6 heteroatoms. The van der Waals surface area contributed by atoms with Crippen LogP contribution in [0.1, 0.15) is 6.42 Å². The first-order valence-corrected chi connectivity index (χ1v) is 7.87. The van der Waals surface area contributed by atoms with E-state index >= 15 is 0 Å². The number of hydrogen-bond donors (Lipinski definition) is 0. The van der Waals surface area contributed by atoms with Crippen LogP contribution in [0.15, 0.2) is 18.3 Å². The summed E-state index contributed by atoms with van der Waals surface area (Å²) < 4.78 is 4.71. The van der Waals surface area contributed by atoms with Crippen LogP contribution in [-0.2, 0) is 9.53 Å². The molecule has 0 bridgehead atoms. The van der Waals surface area contributed by atoms with E-state index in [1.807, 2.05) is 6.20 Å². The molecule has 3 heterocycles. The van der Waals surface area contributed by atoms with Crippen molar-refractivity contribution in [1.29, 1.82) is 0 Å². The molecule has 2 aliphatic rings. The summed E-state index contributed by atoms with van der Waals surface area (Å²) in [5, 5.41) is 0. The van der Waals surface area contributed by atoms with E-state index in [9.17, 15) is 4.79 Å². The van der Waals surface area contributed by atoms with Gasteiger partial charge in [0.2, 0.25) is 0 Å². The number of methoxy groups -OCH3 is 1. The highest BCUT2D eigenvalue weighted by atomic mass is 16.5. The molecule has 0 atom stereocenters. The molecule has 120 valence electrons. The fourth-order valence-corrected chi connectivity index (χ4v) is 3.02. The second-order valence-electron chi connectivity index (χ2n) is 6.22. The minimum Gasteiger partial charge on any atom is -0.469 e. The van der Waals surface area contributed by atoms with E-state index in [-0.39, 0.29) is 5.97 Å². The SMILES string of the molecule is COC(=O)CC1CN(c2ccc(N3CCN(C)CC3)nc2)C1. The van der Waals surface area contributed by atoms with E-state index in [4.69, 9.17) is 4.74 Å². The van der Waals surface area contributed by atoms with Gasteiger partial charge in [-0.2, -0.15) is 0 Å². The third-order valence-corrected chi connectivity index (χ3v) is 4.56. The van der Waals surface area contributed by atoms with Gasteiger partial charge >= 0.3 is 5.97 Å². The number of nitrogens with zero attached hydrogens (tertiary/aromatic N) is 4. The Morgan fingerprint density at radius 1 is 1.23 bits per heavy atom. The van der Waals surface area contributed by atoms with Crippen molar-refractivity contribution in [3.63, 3.8) is 0 Å². The largest absolute Gasteiger partial charge is 0.469 e. The molecule has 0 radical (unpaired) electrons. The lowest BCUT2D eigenvalue weighted by atomic mass is 9.96. The highest BCUT2D eigenvalue weighted by molar-refractivity contribution is 5.70. The van der Waals surface area contributed by atoms with Crippen LogP contribution < -0.4 is 9.80 Å². The number of carbonyl (C=O) groups excluding carboxylic acids is 1. The van der Waals surface area contributed by atoms with E-state index in [1.54, 1.807) is 0 Å². The molecular formula is C16H24N4O2. The van der Waals surface area contributed by atoms with Crippen LogP contribution in [0, 0.1) is 5.92 Å². The number of aromatic nitrogens is 1. The smallest absolute Gasteiger partial charge is 0.305 e. The molecule has 0 aliphatic carbocycles. The Bertz CT molecular complexity index is 505. The van der Waals surface area contributed by atoms with Gasteiger partial charge in [0.1, 0.15) is 5.82 Å². The van der Waals surface area contributed by atoms with E-state index < -0.39 is 0 Å². The predicted molar refractivity (Wildman–Crippen MR) is 86.3 cm³/mol. The maximum absolute atomic E-state index is 11.2. The standard InChI is InChI=1S/C16H24N4O2/c1-18-5-7-19(8-6-18)15-4-3-14(10-17-15)20-11-13(12-20)9-16(21)22-2/h3-4,10,13H,5-9,11-12H2,1-2H3. The Kier molecular flexibility index (Phi) is 4.47. The zero-order valence-electron chi connectivity index (χ0n) is 13.4. The van der Waals surface area contributed by atoms with Gasteiger partial charge in [0, 0.05) is 45.2 Å². The van der Waals surface area contributed by atoms with Crippen molar-refractivity contribution in [3.8, 4) is 0 Å². The van der Waals surface area contributed by atoms with E-state index in [2.05, 4.69) is 38.9 Å². The fraction of sp³-hybridized carbons (Fsp3) is 0.625. The molecule has 0 unspecified atom stereocenters. The Morgan fingerprint density at radius 3 is 2.55 bits per heavy atom. The Balaban J connectivity index is 1.51. The molecule has 0 saturated carbocycles. The zero-order valence-corrected chi connectivity index (χ0v) is 13.4. The molecule has 0 spiro atoms. The average Bonchev–Trinajstić information content (AvgIpc) is 2.51. The summed E-state index contributed by atoms with van der Waals surface area (Å²) >= 11 is 0. The number of rotatable bonds is 4. The molecule has 1 aromatic heterocycles. The van der Waals surface area contributed by atoms with Crippen LogP contribution in [-0.4, -0.2) is 69.3 Å². The van der Waals surface area contributed by atoms with Gasteiger partial charge in [-0.1, -0.05) is 0 Å². The van der Waals surface area contributed by atoms with Gasteiger partial charge < -0.3 is 19.4 Å². The molecular weight excluding hydrogens is 280 g/mol. The first kappa shape index (κ1) is 15.1. The summed E-state index contributed by atoms with van der Waals surface area (Å²) in [6, 6.07) is 4.24. The highest BCUT2D eigenvalue weighted by Gasteiger charge is 2.29. The fourth-order valence-electron chi connectivity index (χ4n) is 3.02. The summed E-state index contributed by atoms with van der Waals surface area (Å²) in [6.07, 6.45) is 2.46. The molecule has 0 aromatic carbocycles. The van der Waals surface area contributed by atoms with Gasteiger partial charge in [0.15, 0.2) is 0 Å². The summed E-state index contributed by atoms with van der Waals surface area (Å²) in [5.41, 5.74) is 1.14. The molecule has 3 rings (SSSR count). The topological polar surface area (TPSA) is 48.9 Å². The van der Waals surface area contributed by atoms with Crippen molar-refractivity contribution in [3.05, 3.63) is 18.3 Å². The summed E-state index contributed by atoms with van der Waals surface area (Å²) in [5.74, 6) is 1.35. The molecule has 1 aromatic rings. The van der Waals surface area contributed by atoms with Crippen molar-refractivity contribution in [1.82, 2.24) is 9.88 Å². The second-order valence-corrected chi connectivity index (χ2v) is 6.22. The van der Waals surface area contributed by atoms with Crippen LogP contribution in [0.5, 0.6) is 0 Å². The first-order valence-electron chi connectivity index (χ1n) is 7.87.